The average Bonchev–Trinajstić information content (AvgIpc) is 2.91. The van der Waals surface area contributed by atoms with E-state index >= 15 is 0 Å². The summed E-state index contributed by atoms with van der Waals surface area (Å²) >= 11 is 0. The van der Waals surface area contributed by atoms with Crippen molar-refractivity contribution >= 4 is 63.3 Å². The second-order valence-electron chi connectivity index (χ2n) is 8.43. The Kier molecular flexibility index (Phi) is 9.38. The number of aryl methyl sites for hydroxylation is 1. The molecule has 0 radical (unpaired) electrons. The van der Waals surface area contributed by atoms with Crippen LogP contribution in [0.25, 0.3) is 10.9 Å². The number of carbonyl (C=O) groups is 1. The zero-order chi connectivity index (χ0) is 25.8. The Morgan fingerprint density at radius 1 is 0.821 bits per heavy atom. The lowest BCUT2D eigenvalue weighted by atomic mass is 10.1. The Morgan fingerprint density at radius 3 is 2.08 bits per heavy atom. The molecule has 0 aliphatic heterocycles. The molecule has 5 aromatic rings. The minimum Gasteiger partial charge on any atom is -1.00 e. The van der Waals surface area contributed by atoms with Crippen LogP contribution in [0.15, 0.2) is 104 Å². The van der Waals surface area contributed by atoms with E-state index in [4.69, 9.17) is 0 Å². The van der Waals surface area contributed by atoms with Crippen LogP contribution in [0.5, 0.6) is 0 Å². The molecule has 0 bridgehead atoms. The van der Waals surface area contributed by atoms with Crippen LogP contribution in [0.2, 0.25) is 0 Å². The molecule has 11 heteroatoms. The fourth-order valence-corrected chi connectivity index (χ4v) is 3.81. The van der Waals surface area contributed by atoms with Crippen molar-refractivity contribution in [3.8, 4) is 0 Å². The molecular formula is C28H24Cl2N6O3. The molecule has 39 heavy (non-hydrogen) atoms. The number of nitrogens with zero attached hydrogens (tertiary/aromatic N) is 3. The molecular weight excluding hydrogens is 539 g/mol. The third-order valence-corrected chi connectivity index (χ3v) is 5.77. The number of nitro groups is 1. The highest BCUT2D eigenvalue weighted by atomic mass is 35.5. The first-order chi connectivity index (χ1) is 17.9. The Labute approximate surface area is 236 Å². The van der Waals surface area contributed by atoms with Gasteiger partial charge in [0.15, 0.2) is 12.4 Å². The van der Waals surface area contributed by atoms with Crippen molar-refractivity contribution in [2.24, 2.45) is 7.05 Å². The summed E-state index contributed by atoms with van der Waals surface area (Å²) in [7, 11) is 1.96. The molecule has 2 aromatic heterocycles. The summed E-state index contributed by atoms with van der Waals surface area (Å²) in [6.45, 7) is 0. The van der Waals surface area contributed by atoms with Gasteiger partial charge >= 0.3 is 0 Å². The fourth-order valence-electron chi connectivity index (χ4n) is 3.81. The first-order valence-corrected chi connectivity index (χ1v) is 11.5. The molecule has 0 saturated heterocycles. The topological polar surface area (TPSA) is 113 Å². The zero-order valence-electron chi connectivity index (χ0n) is 20.7. The zero-order valence-corrected chi connectivity index (χ0v) is 22.2. The largest absolute Gasteiger partial charge is 1.00 e. The number of nitro benzene ring substituents is 1. The van der Waals surface area contributed by atoms with Gasteiger partial charge in [0.1, 0.15) is 7.05 Å². The molecule has 198 valence electrons. The van der Waals surface area contributed by atoms with Crippen LogP contribution in [-0.4, -0.2) is 15.8 Å². The van der Waals surface area contributed by atoms with Crippen molar-refractivity contribution < 1.29 is 26.7 Å². The number of amides is 1. The maximum Gasteiger partial charge on any atom is 0.270 e. The number of anilines is 5. The SMILES string of the molecule is C[n+]1ccc(Nc2ccc(NC(=O)c3ccc(Nc4ccnc5ccc([N+](=O)[O-])cc45)cc3)cc2)cc1.Cl.[Cl-]. The van der Waals surface area contributed by atoms with E-state index in [1.54, 1.807) is 42.6 Å². The second-order valence-corrected chi connectivity index (χ2v) is 8.43. The second kappa shape index (κ2) is 12.7. The van der Waals surface area contributed by atoms with E-state index in [1.165, 1.54) is 12.1 Å². The van der Waals surface area contributed by atoms with E-state index in [0.717, 1.165) is 17.1 Å². The summed E-state index contributed by atoms with van der Waals surface area (Å²) in [6.07, 6.45) is 5.56. The summed E-state index contributed by atoms with van der Waals surface area (Å²) in [6, 6.07) is 24.7. The van der Waals surface area contributed by atoms with Gasteiger partial charge in [-0.2, -0.15) is 0 Å². The molecule has 0 fully saturated rings. The average molecular weight is 563 g/mol. The van der Waals surface area contributed by atoms with Crippen LogP contribution in [-0.2, 0) is 7.05 Å². The van der Waals surface area contributed by atoms with Gasteiger partial charge in [0.25, 0.3) is 11.6 Å². The van der Waals surface area contributed by atoms with Gasteiger partial charge in [-0.1, -0.05) is 0 Å². The minimum atomic E-state index is -0.434. The number of pyridine rings is 2. The number of fused-ring (bicyclic) bond motifs is 1. The first-order valence-electron chi connectivity index (χ1n) is 11.5. The number of non-ortho nitro benzene ring substituents is 1. The third kappa shape index (κ3) is 6.98. The summed E-state index contributed by atoms with van der Waals surface area (Å²) in [5.41, 5.74) is 5.13. The molecule has 3 aromatic carbocycles. The van der Waals surface area contributed by atoms with Gasteiger partial charge in [0.05, 0.1) is 16.1 Å². The Bertz CT molecular complexity index is 1600. The molecule has 0 aliphatic rings. The van der Waals surface area contributed by atoms with Gasteiger partial charge in [0, 0.05) is 64.2 Å². The van der Waals surface area contributed by atoms with Crippen LogP contribution >= 0.6 is 12.4 Å². The highest BCUT2D eigenvalue weighted by molar-refractivity contribution is 6.04. The van der Waals surface area contributed by atoms with Crippen molar-refractivity contribution in [1.82, 2.24) is 4.98 Å². The summed E-state index contributed by atoms with van der Waals surface area (Å²) in [5, 5.41) is 21.3. The Morgan fingerprint density at radius 2 is 1.41 bits per heavy atom. The normalized spacial score (nSPS) is 10.1. The van der Waals surface area contributed by atoms with Crippen molar-refractivity contribution in [1.29, 1.82) is 0 Å². The number of hydrogen-bond acceptors (Lipinski definition) is 6. The highest BCUT2D eigenvalue weighted by Crippen LogP contribution is 2.28. The van der Waals surface area contributed by atoms with Gasteiger partial charge in [-0.3, -0.25) is 19.9 Å². The molecule has 0 aliphatic carbocycles. The van der Waals surface area contributed by atoms with Crippen LogP contribution in [0.4, 0.5) is 34.1 Å². The van der Waals surface area contributed by atoms with Crippen LogP contribution in [0, 0.1) is 10.1 Å². The molecule has 0 atom stereocenters. The highest BCUT2D eigenvalue weighted by Gasteiger charge is 2.11. The van der Waals surface area contributed by atoms with Crippen molar-refractivity contribution in [2.75, 3.05) is 16.0 Å². The third-order valence-electron chi connectivity index (χ3n) is 5.77. The molecule has 1 amide bonds. The van der Waals surface area contributed by atoms with Gasteiger partial charge in [-0.25, -0.2) is 4.57 Å². The Hall–Kier alpha value is -4.73. The molecule has 3 N–H and O–H groups in total. The standard InChI is InChI=1S/C28H22N6O3.2ClH/c1-33-16-13-23(14-17-33)30-20-6-8-22(9-7-20)32-28(35)19-2-4-21(5-3-19)31-27-12-15-29-26-11-10-24(34(36)37)18-25(26)27;;/h2-18H,1H3,(H2,29,31,32,35);2*1H. The quantitative estimate of drug-likeness (QED) is 0.159. The number of carbonyl (C=O) groups excluding carboxylic acids is 1. The first kappa shape index (κ1) is 28.8. The maximum atomic E-state index is 12.7. The molecule has 2 heterocycles. The Balaban J connectivity index is 0.00000210. The van der Waals surface area contributed by atoms with Crippen LogP contribution < -0.4 is 32.9 Å². The van der Waals surface area contributed by atoms with E-state index < -0.39 is 4.92 Å². The van der Waals surface area contributed by atoms with Gasteiger partial charge < -0.3 is 28.4 Å². The van der Waals surface area contributed by atoms with E-state index in [-0.39, 0.29) is 36.4 Å². The summed E-state index contributed by atoms with van der Waals surface area (Å²) in [5.74, 6) is -0.229. The number of hydrogen-bond donors (Lipinski definition) is 3. The molecule has 5 rings (SSSR count). The number of halogens is 2. The lowest BCUT2D eigenvalue weighted by Crippen LogP contribution is -3.00. The molecule has 9 nitrogen and oxygen atoms in total. The van der Waals surface area contributed by atoms with E-state index in [0.29, 0.717) is 27.8 Å². The molecule has 0 saturated carbocycles. The van der Waals surface area contributed by atoms with Crippen molar-refractivity contribution in [3.63, 3.8) is 0 Å². The lowest BCUT2D eigenvalue weighted by molar-refractivity contribution is -0.671. The number of nitrogens with one attached hydrogen (secondary N) is 3. The lowest BCUT2D eigenvalue weighted by Gasteiger charge is -2.11. The van der Waals surface area contributed by atoms with Crippen LogP contribution in [0.1, 0.15) is 10.4 Å². The minimum absolute atomic E-state index is 0. The van der Waals surface area contributed by atoms with Gasteiger partial charge in [-0.15, -0.1) is 12.4 Å². The maximum absolute atomic E-state index is 12.7. The fraction of sp³-hybridized carbons (Fsp3) is 0.0357. The summed E-state index contributed by atoms with van der Waals surface area (Å²) < 4.78 is 1.96. The van der Waals surface area contributed by atoms with E-state index in [9.17, 15) is 14.9 Å². The number of rotatable bonds is 7. The predicted octanol–water partition coefficient (Wildman–Crippen LogP) is 3.13. The number of benzene rings is 3. The molecule has 0 spiro atoms. The molecule has 0 unspecified atom stereocenters. The number of aromatic nitrogens is 2. The van der Waals surface area contributed by atoms with Gasteiger partial charge in [-0.05, 0) is 60.7 Å². The summed E-state index contributed by atoms with van der Waals surface area (Å²) in [4.78, 5) is 27.8. The predicted molar refractivity (Wildman–Crippen MR) is 151 cm³/mol. The van der Waals surface area contributed by atoms with Crippen molar-refractivity contribution in [2.45, 2.75) is 0 Å². The van der Waals surface area contributed by atoms with E-state index in [2.05, 4.69) is 20.9 Å². The monoisotopic (exact) mass is 562 g/mol. The smallest absolute Gasteiger partial charge is 0.270 e. The van der Waals surface area contributed by atoms with Gasteiger partial charge in [0.2, 0.25) is 0 Å². The van der Waals surface area contributed by atoms with Crippen LogP contribution in [0.3, 0.4) is 0 Å². The van der Waals surface area contributed by atoms with Crippen molar-refractivity contribution in [3.05, 3.63) is 119 Å². The van der Waals surface area contributed by atoms with E-state index in [1.807, 2.05) is 60.4 Å².